The fraction of sp³-hybridized carbons (Fsp3) is 0.231. The third kappa shape index (κ3) is 7.02. The summed E-state index contributed by atoms with van der Waals surface area (Å²) in [7, 11) is 0. The van der Waals surface area contributed by atoms with E-state index < -0.39 is 29.1 Å². The Kier molecular flexibility index (Phi) is 8.21. The lowest BCUT2D eigenvalue weighted by Crippen LogP contribution is -2.28. The quantitative estimate of drug-likeness (QED) is 0.285. The van der Waals surface area contributed by atoms with E-state index in [4.69, 9.17) is 0 Å². The fourth-order valence-corrected chi connectivity index (χ4v) is 3.34. The molecule has 36 heavy (non-hydrogen) atoms. The summed E-state index contributed by atoms with van der Waals surface area (Å²) in [6, 6.07) is 13.6. The number of pyridine rings is 1. The van der Waals surface area contributed by atoms with Crippen molar-refractivity contribution in [3.05, 3.63) is 77.7 Å². The van der Waals surface area contributed by atoms with E-state index in [2.05, 4.69) is 26.3 Å². The number of benzene rings is 2. The highest BCUT2D eigenvalue weighted by Crippen LogP contribution is 2.26. The first-order valence-corrected chi connectivity index (χ1v) is 11.3. The maximum atomic E-state index is 13.7. The number of aliphatic carboxylic acids is 1. The Balaban J connectivity index is 1.83. The van der Waals surface area contributed by atoms with Crippen LogP contribution in [0.25, 0.3) is 0 Å². The minimum absolute atomic E-state index is 0.164. The molecule has 0 spiro atoms. The molecule has 0 saturated carbocycles. The van der Waals surface area contributed by atoms with E-state index in [1.54, 1.807) is 51.1 Å². The van der Waals surface area contributed by atoms with E-state index in [1.807, 2.05) is 0 Å². The Morgan fingerprint density at radius 3 is 2.36 bits per heavy atom. The second-order valence-corrected chi connectivity index (χ2v) is 8.75. The largest absolute Gasteiger partial charge is 0.481 e. The van der Waals surface area contributed by atoms with Crippen molar-refractivity contribution in [1.82, 2.24) is 10.3 Å². The van der Waals surface area contributed by atoms with Crippen LogP contribution in [0.5, 0.6) is 0 Å². The van der Waals surface area contributed by atoms with Crippen molar-refractivity contribution >= 4 is 40.8 Å². The summed E-state index contributed by atoms with van der Waals surface area (Å²) in [5.41, 5.74) is 1.27. The summed E-state index contributed by atoms with van der Waals surface area (Å²) in [5.74, 6) is -1.63. The van der Waals surface area contributed by atoms with E-state index in [9.17, 15) is 23.9 Å². The summed E-state index contributed by atoms with van der Waals surface area (Å²) < 4.78 is 13.7. The lowest BCUT2D eigenvalue weighted by atomic mass is 9.86. The number of nitrogens with one attached hydrogen (secondary N) is 4. The summed E-state index contributed by atoms with van der Waals surface area (Å²) in [4.78, 5) is 40.5. The molecule has 0 aliphatic heterocycles. The van der Waals surface area contributed by atoms with Crippen LogP contribution in [0.3, 0.4) is 0 Å². The molecule has 1 heterocycles. The average Bonchev–Trinajstić information content (AvgIpc) is 2.80. The first-order valence-electron chi connectivity index (χ1n) is 11.3. The van der Waals surface area contributed by atoms with Crippen molar-refractivity contribution in [3.8, 4) is 0 Å². The van der Waals surface area contributed by atoms with Crippen LogP contribution in [0, 0.1) is 11.2 Å². The number of hydrogen-bond acceptors (Lipinski definition) is 5. The monoisotopic (exact) mass is 493 g/mol. The Morgan fingerprint density at radius 1 is 1.00 bits per heavy atom. The van der Waals surface area contributed by atoms with Gasteiger partial charge in [0.2, 0.25) is 0 Å². The van der Waals surface area contributed by atoms with E-state index in [1.165, 1.54) is 30.5 Å². The SMILES string of the molecule is CCNC(=O)Nc1cc(Nc2cccc(F)c2)c(C(=O)Nc2ccc(CC(C)(C)C(=O)O)cc2)cn1. The van der Waals surface area contributed by atoms with Crippen molar-refractivity contribution in [2.24, 2.45) is 5.41 Å². The number of rotatable bonds is 9. The van der Waals surface area contributed by atoms with E-state index in [0.717, 1.165) is 5.56 Å². The molecule has 2 aromatic carbocycles. The molecule has 0 aliphatic carbocycles. The van der Waals surface area contributed by atoms with Crippen molar-refractivity contribution in [2.45, 2.75) is 27.2 Å². The van der Waals surface area contributed by atoms with Gasteiger partial charge in [-0.15, -0.1) is 0 Å². The number of amides is 3. The number of urea groups is 1. The molecule has 188 valence electrons. The normalized spacial score (nSPS) is 10.9. The molecule has 3 aromatic rings. The molecule has 3 amide bonds. The van der Waals surface area contributed by atoms with Crippen molar-refractivity contribution in [2.75, 3.05) is 22.5 Å². The fourth-order valence-electron chi connectivity index (χ4n) is 3.34. The second-order valence-electron chi connectivity index (χ2n) is 8.75. The number of aromatic nitrogens is 1. The third-order valence-corrected chi connectivity index (χ3v) is 5.27. The molecule has 10 heteroatoms. The Hall–Kier alpha value is -4.47. The first kappa shape index (κ1) is 26.1. The van der Waals surface area contributed by atoms with Crippen molar-refractivity contribution in [1.29, 1.82) is 0 Å². The zero-order chi connectivity index (χ0) is 26.3. The molecule has 0 aliphatic rings. The third-order valence-electron chi connectivity index (χ3n) is 5.27. The van der Waals surface area contributed by atoms with Gasteiger partial charge in [0.15, 0.2) is 0 Å². The summed E-state index contributed by atoms with van der Waals surface area (Å²) in [6.45, 7) is 5.50. The van der Waals surface area contributed by atoms with Crippen LogP contribution in [0.1, 0.15) is 36.7 Å². The molecule has 9 nitrogen and oxygen atoms in total. The molecule has 1 aromatic heterocycles. The number of halogens is 1. The molecule has 0 radical (unpaired) electrons. The van der Waals surface area contributed by atoms with Crippen LogP contribution < -0.4 is 21.3 Å². The van der Waals surface area contributed by atoms with Gasteiger partial charge in [0.05, 0.1) is 16.7 Å². The highest BCUT2D eigenvalue weighted by molar-refractivity contribution is 6.08. The zero-order valence-electron chi connectivity index (χ0n) is 20.2. The Labute approximate surface area is 208 Å². The Bertz CT molecular complexity index is 1260. The first-order chi connectivity index (χ1) is 17.1. The number of hydrogen-bond donors (Lipinski definition) is 5. The molecular weight excluding hydrogens is 465 g/mol. The molecular formula is C26H28FN5O4. The summed E-state index contributed by atoms with van der Waals surface area (Å²) in [6.07, 6.45) is 1.64. The standard InChI is InChI=1S/C26H28FN5O4/c1-4-28-25(36)32-22-13-21(30-19-7-5-6-17(27)12-19)20(15-29-22)23(33)31-18-10-8-16(9-11-18)14-26(2,3)24(34)35/h5-13,15H,4,14H2,1-3H3,(H,31,33)(H,34,35)(H3,28,29,30,32,36). The average molecular weight is 494 g/mol. The van der Waals surface area contributed by atoms with Gasteiger partial charge in [-0.25, -0.2) is 14.2 Å². The highest BCUT2D eigenvalue weighted by Gasteiger charge is 2.27. The number of carbonyl (C=O) groups is 3. The number of carboxylic acids is 1. The van der Waals surface area contributed by atoms with Gasteiger partial charge >= 0.3 is 12.0 Å². The van der Waals surface area contributed by atoms with Crippen LogP contribution in [-0.2, 0) is 11.2 Å². The molecule has 5 N–H and O–H groups in total. The molecule has 3 rings (SSSR count). The molecule has 0 fully saturated rings. The molecule has 0 atom stereocenters. The van der Waals surface area contributed by atoms with E-state index in [0.29, 0.717) is 30.0 Å². The predicted molar refractivity (Wildman–Crippen MR) is 136 cm³/mol. The van der Waals surface area contributed by atoms with Crippen LogP contribution in [0.15, 0.2) is 60.8 Å². The van der Waals surface area contributed by atoms with Crippen molar-refractivity contribution in [3.63, 3.8) is 0 Å². The van der Waals surface area contributed by atoms with Crippen LogP contribution in [0.4, 0.5) is 32.1 Å². The maximum Gasteiger partial charge on any atom is 0.320 e. The van der Waals surface area contributed by atoms with Crippen LogP contribution >= 0.6 is 0 Å². The molecule has 0 unspecified atom stereocenters. The predicted octanol–water partition coefficient (Wildman–Crippen LogP) is 5.01. The lowest BCUT2D eigenvalue weighted by molar-refractivity contribution is -0.146. The van der Waals surface area contributed by atoms with Gasteiger partial charge < -0.3 is 21.1 Å². The van der Waals surface area contributed by atoms with Gasteiger partial charge in [0, 0.05) is 30.2 Å². The van der Waals surface area contributed by atoms with Gasteiger partial charge in [0.25, 0.3) is 5.91 Å². The van der Waals surface area contributed by atoms with Crippen molar-refractivity contribution < 1.29 is 23.9 Å². The van der Waals surface area contributed by atoms with E-state index >= 15 is 0 Å². The van der Waals surface area contributed by atoms with Crippen LogP contribution in [0.2, 0.25) is 0 Å². The molecule has 0 saturated heterocycles. The Morgan fingerprint density at radius 2 is 1.72 bits per heavy atom. The number of carboxylic acid groups (broad SMARTS) is 1. The minimum atomic E-state index is -0.919. The van der Waals surface area contributed by atoms with Crippen LogP contribution in [-0.4, -0.2) is 34.5 Å². The number of carbonyl (C=O) groups excluding carboxylic acids is 2. The van der Waals surface area contributed by atoms with Gasteiger partial charge in [-0.05, 0) is 63.1 Å². The maximum absolute atomic E-state index is 13.7. The lowest BCUT2D eigenvalue weighted by Gasteiger charge is -2.19. The van der Waals surface area contributed by atoms with E-state index in [-0.39, 0.29) is 11.4 Å². The number of anilines is 4. The molecule has 0 bridgehead atoms. The second kappa shape index (κ2) is 11.3. The zero-order valence-corrected chi connectivity index (χ0v) is 20.2. The summed E-state index contributed by atoms with van der Waals surface area (Å²) >= 11 is 0. The topological polar surface area (TPSA) is 132 Å². The van der Waals surface area contributed by atoms with Gasteiger partial charge in [-0.2, -0.15) is 0 Å². The summed E-state index contributed by atoms with van der Waals surface area (Å²) in [5, 5.41) is 20.3. The van der Waals surface area contributed by atoms with Gasteiger partial charge in [-0.1, -0.05) is 18.2 Å². The smallest absolute Gasteiger partial charge is 0.320 e. The number of nitrogens with zero attached hydrogens (tertiary/aromatic N) is 1. The minimum Gasteiger partial charge on any atom is -0.481 e. The van der Waals surface area contributed by atoms with Gasteiger partial charge in [0.1, 0.15) is 11.6 Å². The highest BCUT2D eigenvalue weighted by atomic mass is 19.1. The van der Waals surface area contributed by atoms with Gasteiger partial charge in [-0.3, -0.25) is 14.9 Å².